The minimum Gasteiger partial charge on any atom is -0.491 e. The maximum Gasteiger partial charge on any atom is 0.251 e. The number of hydrogen-bond donors (Lipinski definition) is 4. The third-order valence-electron chi connectivity index (χ3n) is 6.92. The van der Waals surface area contributed by atoms with E-state index >= 15 is 0 Å². The van der Waals surface area contributed by atoms with E-state index in [0.717, 1.165) is 16.1 Å². The highest BCUT2D eigenvalue weighted by Gasteiger charge is 2.23. The molecule has 0 spiro atoms. The Kier molecular flexibility index (Phi) is 11.3. The fourth-order valence-electron chi connectivity index (χ4n) is 4.44. The van der Waals surface area contributed by atoms with Crippen LogP contribution < -0.4 is 30.3 Å². The molecule has 0 unspecified atom stereocenters. The van der Waals surface area contributed by atoms with Gasteiger partial charge in [-0.15, -0.1) is 0 Å². The topological polar surface area (TPSA) is 146 Å². The molecule has 3 rings (SSSR count). The first kappa shape index (κ1) is 32.9. The fraction of sp³-hybridized carbons (Fsp3) is 0.500. The van der Waals surface area contributed by atoms with Gasteiger partial charge in [0, 0.05) is 37.3 Å². The monoisotopic (exact) mass is 601 g/mol. The second-order valence-electron chi connectivity index (χ2n) is 11.2. The normalized spacial score (nSPS) is 18.5. The summed E-state index contributed by atoms with van der Waals surface area (Å²) < 4.78 is 31.6. The maximum atomic E-state index is 13.6. The number of ether oxygens (including phenoxy) is 1. The number of hydrogen-bond acceptors (Lipinski definition) is 7. The second kappa shape index (κ2) is 14.5. The third-order valence-corrected chi connectivity index (χ3v) is 8.12. The van der Waals surface area contributed by atoms with Gasteiger partial charge in [0.15, 0.2) is 0 Å². The molecule has 1 aliphatic rings. The predicted octanol–water partition coefficient (Wildman–Crippen LogP) is 2.07. The van der Waals surface area contributed by atoms with Gasteiger partial charge in [0.05, 0.1) is 24.0 Å². The van der Waals surface area contributed by atoms with E-state index in [1.165, 1.54) is 25.2 Å². The van der Waals surface area contributed by atoms with Crippen molar-refractivity contribution in [3.63, 3.8) is 0 Å². The number of amides is 3. The van der Waals surface area contributed by atoms with E-state index in [1.54, 1.807) is 6.92 Å². The minimum atomic E-state index is -3.66. The van der Waals surface area contributed by atoms with Crippen LogP contribution in [0.1, 0.15) is 60.4 Å². The van der Waals surface area contributed by atoms with Crippen molar-refractivity contribution in [1.29, 1.82) is 0 Å². The average Bonchev–Trinajstić information content (AvgIpc) is 2.93. The van der Waals surface area contributed by atoms with Gasteiger partial charge in [-0.1, -0.05) is 32.9 Å². The molecule has 230 valence electrons. The smallest absolute Gasteiger partial charge is 0.251 e. The molecule has 3 atom stereocenters. The van der Waals surface area contributed by atoms with Crippen LogP contribution >= 0.6 is 0 Å². The summed E-state index contributed by atoms with van der Waals surface area (Å²) in [6, 6.07) is 10.6. The molecule has 3 amide bonds. The first-order valence-electron chi connectivity index (χ1n) is 14.2. The van der Waals surface area contributed by atoms with E-state index in [9.17, 15) is 22.8 Å². The van der Waals surface area contributed by atoms with Crippen LogP contribution in [0.25, 0.3) is 0 Å². The number of nitrogens with one attached hydrogen (secondary N) is 4. The molecule has 12 heteroatoms. The van der Waals surface area contributed by atoms with Gasteiger partial charge in [-0.25, -0.2) is 8.42 Å². The first-order valence-corrected chi connectivity index (χ1v) is 16.0. The Labute approximate surface area is 248 Å². The van der Waals surface area contributed by atoms with Crippen LogP contribution in [0.4, 0.5) is 5.69 Å². The summed E-state index contributed by atoms with van der Waals surface area (Å²) in [5.41, 5.74) is 1.36. The molecule has 0 saturated heterocycles. The standard InChI is InChI=1S/C30H43N5O6S/c1-7-27(30(38)32-16-19(2)3)31-17-24-11-21-9-8-10-26(12-21)41-18-20(4)33-28(36)22-13-23(29(37)34-24)15-25(14-22)35(5)42(6,39)40/h8-10,12-15,19-20,24,27,31H,7,11,16-18H2,1-6H3,(H,32,38)(H,33,36)(H,34,37)/t20-,24-,27-/m0/s1. The summed E-state index contributed by atoms with van der Waals surface area (Å²) in [6.45, 7) is 8.82. The van der Waals surface area contributed by atoms with Gasteiger partial charge in [-0.3, -0.25) is 18.7 Å². The van der Waals surface area contributed by atoms with Crippen LogP contribution in [-0.4, -0.2) is 77.3 Å². The highest BCUT2D eigenvalue weighted by Crippen LogP contribution is 2.22. The Morgan fingerprint density at radius 2 is 1.76 bits per heavy atom. The summed E-state index contributed by atoms with van der Waals surface area (Å²) in [7, 11) is -2.30. The van der Waals surface area contributed by atoms with Crippen molar-refractivity contribution < 1.29 is 27.5 Å². The molecular weight excluding hydrogens is 558 g/mol. The number of fused-ring (bicyclic) bond motifs is 4. The molecule has 1 aliphatic heterocycles. The molecule has 0 fully saturated rings. The zero-order valence-corrected chi connectivity index (χ0v) is 26.0. The van der Waals surface area contributed by atoms with Crippen molar-refractivity contribution in [3.05, 3.63) is 59.2 Å². The number of benzene rings is 2. The van der Waals surface area contributed by atoms with Crippen LogP contribution in [-0.2, 0) is 21.2 Å². The number of carbonyl (C=O) groups is 3. The molecule has 4 bridgehead atoms. The van der Waals surface area contributed by atoms with Gasteiger partial charge in [0.1, 0.15) is 12.4 Å². The van der Waals surface area contributed by atoms with E-state index in [1.807, 2.05) is 45.0 Å². The maximum absolute atomic E-state index is 13.6. The molecule has 0 saturated carbocycles. The zero-order chi connectivity index (χ0) is 31.0. The van der Waals surface area contributed by atoms with Crippen molar-refractivity contribution in [2.45, 2.75) is 58.7 Å². The van der Waals surface area contributed by atoms with Crippen LogP contribution in [0, 0.1) is 5.92 Å². The van der Waals surface area contributed by atoms with Gasteiger partial charge < -0.3 is 26.0 Å². The summed E-state index contributed by atoms with van der Waals surface area (Å²) >= 11 is 0. The van der Waals surface area contributed by atoms with Gasteiger partial charge in [0.2, 0.25) is 15.9 Å². The Balaban J connectivity index is 1.98. The molecule has 42 heavy (non-hydrogen) atoms. The minimum absolute atomic E-state index is 0.105. The largest absolute Gasteiger partial charge is 0.491 e. The number of rotatable bonds is 9. The molecule has 11 nitrogen and oxygen atoms in total. The summed E-state index contributed by atoms with van der Waals surface area (Å²) in [5.74, 6) is -0.113. The Morgan fingerprint density at radius 1 is 1.10 bits per heavy atom. The van der Waals surface area contributed by atoms with Crippen molar-refractivity contribution in [3.8, 4) is 5.75 Å². The zero-order valence-electron chi connectivity index (χ0n) is 25.2. The quantitative estimate of drug-likeness (QED) is 0.344. The van der Waals surface area contributed by atoms with Crippen LogP contribution in [0.5, 0.6) is 5.75 Å². The van der Waals surface area contributed by atoms with Gasteiger partial charge in [-0.2, -0.15) is 0 Å². The van der Waals surface area contributed by atoms with Crippen molar-refractivity contribution in [1.82, 2.24) is 21.3 Å². The van der Waals surface area contributed by atoms with Gasteiger partial charge in [0.25, 0.3) is 11.8 Å². The SMILES string of the molecule is CC[C@H](NC[C@@H]1Cc2cccc(c2)OC[C@H](C)NC(=O)c2cc(cc(N(C)S(C)(=O)=O)c2)C(=O)N1)C(=O)NCC(C)C. The van der Waals surface area contributed by atoms with Gasteiger partial charge >= 0.3 is 0 Å². The van der Waals surface area contributed by atoms with Crippen LogP contribution in [0.3, 0.4) is 0 Å². The molecule has 0 radical (unpaired) electrons. The third kappa shape index (κ3) is 9.45. The highest BCUT2D eigenvalue weighted by atomic mass is 32.2. The molecule has 0 aliphatic carbocycles. The molecule has 1 heterocycles. The molecule has 4 N–H and O–H groups in total. The number of nitrogens with zero attached hydrogens (tertiary/aromatic N) is 1. The van der Waals surface area contributed by atoms with E-state index < -0.39 is 33.9 Å². The molecule has 0 aromatic heterocycles. The van der Waals surface area contributed by atoms with Crippen LogP contribution in [0.15, 0.2) is 42.5 Å². The second-order valence-corrected chi connectivity index (χ2v) is 13.2. The first-order chi connectivity index (χ1) is 19.8. The molecule has 2 aromatic rings. The Hall–Kier alpha value is -3.64. The van der Waals surface area contributed by atoms with Crippen molar-refractivity contribution in [2.24, 2.45) is 5.92 Å². The summed E-state index contributed by atoms with van der Waals surface area (Å²) in [6.07, 6.45) is 2.04. The lowest BCUT2D eigenvalue weighted by Gasteiger charge is -2.24. The van der Waals surface area contributed by atoms with Gasteiger partial charge in [-0.05, 0) is 61.6 Å². The number of sulfonamides is 1. The lowest BCUT2D eigenvalue weighted by atomic mass is 10.0. The number of carbonyl (C=O) groups excluding carboxylic acids is 3. The molecule has 2 aromatic carbocycles. The lowest BCUT2D eigenvalue weighted by Crippen LogP contribution is -2.50. The van der Waals surface area contributed by atoms with Crippen molar-refractivity contribution in [2.75, 3.05) is 37.3 Å². The Bertz CT molecular complexity index is 1380. The van der Waals surface area contributed by atoms with E-state index in [0.29, 0.717) is 31.1 Å². The fourth-order valence-corrected chi connectivity index (χ4v) is 4.93. The lowest BCUT2D eigenvalue weighted by molar-refractivity contribution is -0.123. The highest BCUT2D eigenvalue weighted by molar-refractivity contribution is 7.92. The van der Waals surface area contributed by atoms with E-state index in [-0.39, 0.29) is 41.9 Å². The van der Waals surface area contributed by atoms with Crippen LogP contribution in [0.2, 0.25) is 0 Å². The number of anilines is 1. The average molecular weight is 602 g/mol. The summed E-state index contributed by atoms with van der Waals surface area (Å²) in [4.78, 5) is 39.5. The molecular formula is C30H43N5O6S. The predicted molar refractivity (Wildman–Crippen MR) is 163 cm³/mol. The van der Waals surface area contributed by atoms with E-state index in [2.05, 4.69) is 21.3 Å². The van der Waals surface area contributed by atoms with E-state index in [4.69, 9.17) is 4.74 Å². The summed E-state index contributed by atoms with van der Waals surface area (Å²) in [5, 5.41) is 12.1. The Morgan fingerprint density at radius 3 is 2.38 bits per heavy atom. The van der Waals surface area contributed by atoms with Crippen molar-refractivity contribution >= 4 is 33.4 Å².